The molecule has 0 aromatic heterocycles. The highest BCUT2D eigenvalue weighted by atomic mass is 35.5. The van der Waals surface area contributed by atoms with E-state index in [9.17, 15) is 9.18 Å². The average Bonchev–Trinajstić information content (AvgIpc) is 2.57. The molecule has 3 nitrogen and oxygen atoms in total. The molecule has 0 aliphatic carbocycles. The number of carbonyl (C=O) groups is 1. The summed E-state index contributed by atoms with van der Waals surface area (Å²) in [4.78, 5) is 10.7. The van der Waals surface area contributed by atoms with E-state index in [0.717, 1.165) is 5.56 Å². The first kappa shape index (κ1) is 9.27. The van der Waals surface area contributed by atoms with Crippen LogP contribution < -0.4 is 5.32 Å². The summed E-state index contributed by atoms with van der Waals surface area (Å²) in [5, 5.41) is 2.62. The molecule has 1 fully saturated rings. The molecular weight excluding hydrogens is 209 g/mol. The minimum Gasteiger partial charge on any atom is -0.447 e. The summed E-state index contributed by atoms with van der Waals surface area (Å²) in [5.74, 6) is -0.472. The monoisotopic (exact) mass is 215 g/mol. The first-order chi connectivity index (χ1) is 6.66. The zero-order valence-corrected chi connectivity index (χ0v) is 7.84. The first-order valence-corrected chi connectivity index (χ1v) is 4.43. The van der Waals surface area contributed by atoms with Crippen molar-refractivity contribution >= 4 is 17.7 Å². The predicted octanol–water partition coefficient (Wildman–Crippen LogP) is 2.26. The number of ether oxygens (including phenoxy) is 1. The van der Waals surface area contributed by atoms with Gasteiger partial charge in [-0.1, -0.05) is 17.7 Å². The molecule has 1 aromatic rings. The fraction of sp³-hybridized carbons (Fsp3) is 0.222. The van der Waals surface area contributed by atoms with Gasteiger partial charge in [-0.15, -0.1) is 0 Å². The summed E-state index contributed by atoms with van der Waals surface area (Å²) in [6.45, 7) is 0.251. The summed E-state index contributed by atoms with van der Waals surface area (Å²) in [5.41, 5.74) is 0.738. The van der Waals surface area contributed by atoms with Crippen molar-refractivity contribution in [1.29, 1.82) is 0 Å². The van der Waals surface area contributed by atoms with Crippen molar-refractivity contribution in [3.8, 4) is 0 Å². The molecular formula is C9H7ClFNO2. The Morgan fingerprint density at radius 1 is 1.57 bits per heavy atom. The zero-order chi connectivity index (χ0) is 10.1. The molecule has 2 rings (SSSR count). The smallest absolute Gasteiger partial charge is 0.407 e. The standard InChI is InChI=1S/C9H7ClFNO2/c10-6-3-5(1-2-7(6)11)8-4-14-9(13)12-8/h1-3,8H,4H2,(H,12,13)/t8-/m1/s1. The van der Waals surface area contributed by atoms with Crippen LogP contribution in [0.5, 0.6) is 0 Å². The molecule has 14 heavy (non-hydrogen) atoms. The van der Waals surface area contributed by atoms with Crippen molar-refractivity contribution in [2.75, 3.05) is 6.61 Å². The van der Waals surface area contributed by atoms with E-state index in [-0.39, 0.29) is 17.7 Å². The van der Waals surface area contributed by atoms with Crippen LogP contribution in [-0.2, 0) is 4.74 Å². The van der Waals surface area contributed by atoms with Gasteiger partial charge in [0.05, 0.1) is 11.1 Å². The van der Waals surface area contributed by atoms with Crippen LogP contribution in [0.15, 0.2) is 18.2 Å². The summed E-state index contributed by atoms with van der Waals surface area (Å²) in [6, 6.07) is 4.08. The first-order valence-electron chi connectivity index (χ1n) is 4.05. The summed E-state index contributed by atoms with van der Waals surface area (Å²) < 4.78 is 17.5. The Kier molecular flexibility index (Phi) is 2.29. The fourth-order valence-corrected chi connectivity index (χ4v) is 1.48. The van der Waals surface area contributed by atoms with Gasteiger partial charge < -0.3 is 10.1 Å². The molecule has 1 amide bonds. The van der Waals surface area contributed by atoms with Crippen molar-refractivity contribution in [2.45, 2.75) is 6.04 Å². The van der Waals surface area contributed by atoms with Crippen molar-refractivity contribution in [3.63, 3.8) is 0 Å². The Morgan fingerprint density at radius 3 is 2.93 bits per heavy atom. The maximum absolute atomic E-state index is 12.8. The van der Waals surface area contributed by atoms with Gasteiger partial charge in [0.1, 0.15) is 12.4 Å². The van der Waals surface area contributed by atoms with E-state index in [4.69, 9.17) is 16.3 Å². The zero-order valence-electron chi connectivity index (χ0n) is 7.09. The Morgan fingerprint density at radius 2 is 2.36 bits per heavy atom. The highest BCUT2D eigenvalue weighted by Crippen LogP contribution is 2.23. The lowest BCUT2D eigenvalue weighted by Gasteiger charge is -2.07. The number of hydrogen-bond acceptors (Lipinski definition) is 2. The molecule has 1 aliphatic rings. The van der Waals surface area contributed by atoms with Crippen LogP contribution >= 0.6 is 11.6 Å². The van der Waals surface area contributed by atoms with E-state index in [1.807, 2.05) is 0 Å². The van der Waals surface area contributed by atoms with Gasteiger partial charge in [-0.05, 0) is 17.7 Å². The van der Waals surface area contributed by atoms with E-state index in [1.165, 1.54) is 12.1 Å². The van der Waals surface area contributed by atoms with Crippen LogP contribution in [-0.4, -0.2) is 12.7 Å². The molecule has 1 aromatic carbocycles. The number of carbonyl (C=O) groups excluding carboxylic acids is 1. The van der Waals surface area contributed by atoms with E-state index in [0.29, 0.717) is 0 Å². The Labute approximate surface area is 84.8 Å². The van der Waals surface area contributed by atoms with Gasteiger partial charge in [0, 0.05) is 0 Å². The molecule has 74 valence electrons. The second-order valence-electron chi connectivity index (χ2n) is 2.97. The maximum Gasteiger partial charge on any atom is 0.407 e. The van der Waals surface area contributed by atoms with E-state index in [2.05, 4.69) is 5.32 Å². The van der Waals surface area contributed by atoms with Crippen molar-refractivity contribution in [3.05, 3.63) is 34.6 Å². The van der Waals surface area contributed by atoms with E-state index >= 15 is 0 Å². The van der Waals surface area contributed by atoms with E-state index < -0.39 is 11.9 Å². The number of halogens is 2. The molecule has 0 spiro atoms. The van der Waals surface area contributed by atoms with Gasteiger partial charge in [-0.3, -0.25) is 0 Å². The molecule has 1 heterocycles. The van der Waals surface area contributed by atoms with Gasteiger partial charge in [-0.25, -0.2) is 9.18 Å². The second-order valence-corrected chi connectivity index (χ2v) is 3.38. The van der Waals surface area contributed by atoms with Crippen molar-refractivity contribution in [2.24, 2.45) is 0 Å². The van der Waals surface area contributed by atoms with Crippen LogP contribution in [0.3, 0.4) is 0 Å². The SMILES string of the molecule is O=C1N[C@@H](c2ccc(F)c(Cl)c2)CO1. The predicted molar refractivity (Wildman–Crippen MR) is 48.6 cm³/mol. The Hall–Kier alpha value is -1.29. The van der Waals surface area contributed by atoms with Crippen LogP contribution in [0, 0.1) is 5.82 Å². The third-order valence-electron chi connectivity index (χ3n) is 2.02. The number of nitrogens with one attached hydrogen (secondary N) is 1. The lowest BCUT2D eigenvalue weighted by molar-refractivity contribution is 0.177. The minimum atomic E-state index is -0.472. The van der Waals surface area contributed by atoms with Crippen LogP contribution in [0.1, 0.15) is 11.6 Å². The van der Waals surface area contributed by atoms with Gasteiger partial charge in [0.15, 0.2) is 0 Å². The largest absolute Gasteiger partial charge is 0.447 e. The molecule has 1 atom stereocenters. The summed E-state index contributed by atoms with van der Waals surface area (Å²) in [7, 11) is 0. The molecule has 0 saturated carbocycles. The number of cyclic esters (lactones) is 1. The average molecular weight is 216 g/mol. The maximum atomic E-state index is 12.8. The molecule has 1 N–H and O–H groups in total. The highest BCUT2D eigenvalue weighted by molar-refractivity contribution is 6.30. The lowest BCUT2D eigenvalue weighted by Crippen LogP contribution is -2.18. The fourth-order valence-electron chi connectivity index (χ4n) is 1.29. The molecule has 0 unspecified atom stereocenters. The van der Waals surface area contributed by atoms with Crippen LogP contribution in [0.25, 0.3) is 0 Å². The Bertz CT molecular complexity index is 383. The van der Waals surface area contributed by atoms with Crippen molar-refractivity contribution < 1.29 is 13.9 Å². The number of alkyl carbamates (subject to hydrolysis) is 1. The third kappa shape index (κ3) is 1.65. The normalized spacial score (nSPS) is 20.4. The van der Waals surface area contributed by atoms with Gasteiger partial charge >= 0.3 is 6.09 Å². The highest BCUT2D eigenvalue weighted by Gasteiger charge is 2.24. The summed E-state index contributed by atoms with van der Waals surface area (Å²) >= 11 is 5.60. The number of rotatable bonds is 1. The number of amides is 1. The van der Waals surface area contributed by atoms with Crippen LogP contribution in [0.2, 0.25) is 5.02 Å². The number of hydrogen-bond donors (Lipinski definition) is 1. The minimum absolute atomic E-state index is 0.0450. The van der Waals surface area contributed by atoms with E-state index in [1.54, 1.807) is 6.07 Å². The van der Waals surface area contributed by atoms with Gasteiger partial charge in [0.2, 0.25) is 0 Å². The van der Waals surface area contributed by atoms with Gasteiger partial charge in [0.25, 0.3) is 0 Å². The quantitative estimate of drug-likeness (QED) is 0.781. The molecule has 5 heteroatoms. The van der Waals surface area contributed by atoms with Crippen molar-refractivity contribution in [1.82, 2.24) is 5.32 Å². The van der Waals surface area contributed by atoms with Crippen LogP contribution in [0.4, 0.5) is 9.18 Å². The molecule has 1 aliphatic heterocycles. The third-order valence-corrected chi connectivity index (χ3v) is 2.31. The molecule has 0 radical (unpaired) electrons. The second kappa shape index (κ2) is 3.46. The van der Waals surface area contributed by atoms with Gasteiger partial charge in [-0.2, -0.15) is 0 Å². The number of benzene rings is 1. The Balaban J connectivity index is 2.24. The summed E-state index contributed by atoms with van der Waals surface area (Å²) in [6.07, 6.45) is -0.463. The lowest BCUT2D eigenvalue weighted by atomic mass is 10.1. The molecule has 1 saturated heterocycles. The topological polar surface area (TPSA) is 38.3 Å². The molecule has 0 bridgehead atoms.